The van der Waals surface area contributed by atoms with Gasteiger partial charge in [-0.2, -0.15) is 0 Å². The molecule has 1 saturated carbocycles. The molecule has 1 aliphatic carbocycles. The molecule has 2 N–H and O–H groups in total. The molecule has 1 fully saturated rings. The van der Waals surface area contributed by atoms with E-state index in [9.17, 15) is 4.79 Å². The van der Waals surface area contributed by atoms with Gasteiger partial charge in [0.1, 0.15) is 6.10 Å². The summed E-state index contributed by atoms with van der Waals surface area (Å²) in [5.41, 5.74) is 6.88. The molecule has 1 aromatic rings. The van der Waals surface area contributed by atoms with Gasteiger partial charge in [0.25, 0.3) is 0 Å². The van der Waals surface area contributed by atoms with E-state index in [1.807, 2.05) is 0 Å². The minimum Gasteiger partial charge on any atom is -0.458 e. The molecule has 1 aromatic carbocycles. The fourth-order valence-electron chi connectivity index (χ4n) is 3.07. The van der Waals surface area contributed by atoms with Crippen LogP contribution in [0.15, 0.2) is 24.3 Å². The molecule has 0 amide bonds. The van der Waals surface area contributed by atoms with E-state index in [-0.39, 0.29) is 12.1 Å². The van der Waals surface area contributed by atoms with Gasteiger partial charge < -0.3 is 10.5 Å². The number of anilines is 1. The highest BCUT2D eigenvalue weighted by Crippen LogP contribution is 2.35. The van der Waals surface area contributed by atoms with Crippen LogP contribution in [0.25, 0.3) is 0 Å². The monoisotopic (exact) mass is 275 g/mol. The van der Waals surface area contributed by atoms with Gasteiger partial charge in [-0.1, -0.05) is 27.2 Å². The number of hydrogen-bond acceptors (Lipinski definition) is 3. The summed E-state index contributed by atoms with van der Waals surface area (Å²) in [5.74, 6) is 1.43. The summed E-state index contributed by atoms with van der Waals surface area (Å²) in [7, 11) is 0. The van der Waals surface area contributed by atoms with Crippen LogP contribution in [0.5, 0.6) is 0 Å². The Hall–Kier alpha value is -1.51. The molecule has 3 heteroatoms. The van der Waals surface area contributed by atoms with E-state index in [2.05, 4.69) is 20.8 Å². The van der Waals surface area contributed by atoms with Crippen molar-refractivity contribution in [1.82, 2.24) is 0 Å². The first-order valence-corrected chi connectivity index (χ1v) is 7.54. The van der Waals surface area contributed by atoms with Crippen molar-refractivity contribution in [2.24, 2.45) is 17.8 Å². The van der Waals surface area contributed by atoms with Gasteiger partial charge in [-0.3, -0.25) is 0 Å². The molecule has 2 rings (SSSR count). The van der Waals surface area contributed by atoms with E-state index in [1.54, 1.807) is 24.3 Å². The number of carbonyl (C=O) groups is 1. The summed E-state index contributed by atoms with van der Waals surface area (Å²) in [6, 6.07) is 6.93. The molecule has 20 heavy (non-hydrogen) atoms. The summed E-state index contributed by atoms with van der Waals surface area (Å²) >= 11 is 0. The Kier molecular flexibility index (Phi) is 4.69. The van der Waals surface area contributed by atoms with Gasteiger partial charge in [-0.15, -0.1) is 0 Å². The van der Waals surface area contributed by atoms with Crippen LogP contribution in [0.4, 0.5) is 5.69 Å². The molecule has 110 valence electrons. The Morgan fingerprint density at radius 2 is 1.90 bits per heavy atom. The topological polar surface area (TPSA) is 52.3 Å². The Morgan fingerprint density at radius 3 is 2.50 bits per heavy atom. The van der Waals surface area contributed by atoms with E-state index < -0.39 is 0 Å². The van der Waals surface area contributed by atoms with Crippen LogP contribution in [-0.2, 0) is 4.74 Å². The predicted molar refractivity (Wildman–Crippen MR) is 81.4 cm³/mol. The molecule has 0 unspecified atom stereocenters. The normalized spacial score (nSPS) is 26.5. The molecule has 0 spiro atoms. The number of hydrogen-bond donors (Lipinski definition) is 1. The Bertz CT molecular complexity index is 453. The van der Waals surface area contributed by atoms with Gasteiger partial charge in [0.05, 0.1) is 5.56 Å². The summed E-state index contributed by atoms with van der Waals surface area (Å²) in [4.78, 5) is 12.2. The first kappa shape index (κ1) is 14.9. The van der Waals surface area contributed by atoms with Gasteiger partial charge in [0, 0.05) is 5.69 Å². The molecule has 0 bridgehead atoms. The van der Waals surface area contributed by atoms with Gasteiger partial charge >= 0.3 is 5.97 Å². The van der Waals surface area contributed by atoms with Crippen molar-refractivity contribution in [2.75, 3.05) is 5.73 Å². The first-order valence-electron chi connectivity index (χ1n) is 7.54. The number of rotatable bonds is 3. The highest BCUT2D eigenvalue weighted by atomic mass is 16.5. The number of esters is 1. The van der Waals surface area contributed by atoms with Crippen molar-refractivity contribution >= 4 is 11.7 Å². The zero-order valence-corrected chi connectivity index (χ0v) is 12.6. The van der Waals surface area contributed by atoms with Gasteiger partial charge in [-0.05, 0) is 54.9 Å². The summed E-state index contributed by atoms with van der Waals surface area (Å²) in [5, 5.41) is 0. The standard InChI is InChI=1S/C17H25NO2/c1-11(2)15-9-4-12(3)10-16(15)20-17(19)13-5-7-14(18)8-6-13/h5-8,11-12,15-16H,4,9-10,18H2,1-3H3/t12-,15+,16-/m1/s1. The molecule has 0 heterocycles. The fraction of sp³-hybridized carbons (Fsp3) is 0.588. The lowest BCUT2D eigenvalue weighted by Gasteiger charge is -2.36. The molecular formula is C17H25NO2. The van der Waals surface area contributed by atoms with Crippen LogP contribution in [0.3, 0.4) is 0 Å². The molecular weight excluding hydrogens is 250 g/mol. The van der Waals surface area contributed by atoms with Crippen LogP contribution in [-0.4, -0.2) is 12.1 Å². The first-order chi connectivity index (χ1) is 9.47. The van der Waals surface area contributed by atoms with Crippen molar-refractivity contribution in [3.05, 3.63) is 29.8 Å². The number of nitrogen functional groups attached to an aromatic ring is 1. The third-order valence-corrected chi connectivity index (χ3v) is 4.37. The Balaban J connectivity index is 2.05. The lowest BCUT2D eigenvalue weighted by atomic mass is 9.75. The molecule has 0 saturated heterocycles. The van der Waals surface area contributed by atoms with Crippen LogP contribution in [0.1, 0.15) is 50.4 Å². The second-order valence-corrected chi connectivity index (χ2v) is 6.39. The van der Waals surface area contributed by atoms with Crippen molar-refractivity contribution in [1.29, 1.82) is 0 Å². The fourth-order valence-corrected chi connectivity index (χ4v) is 3.07. The maximum absolute atomic E-state index is 12.2. The summed E-state index contributed by atoms with van der Waals surface area (Å²) < 4.78 is 5.78. The SMILES string of the molecule is CC(C)[C@@H]1CC[C@@H](C)C[C@H]1OC(=O)c1ccc(N)cc1. The predicted octanol–water partition coefficient (Wildman–Crippen LogP) is 3.89. The van der Waals surface area contributed by atoms with E-state index >= 15 is 0 Å². The van der Waals surface area contributed by atoms with Crippen LogP contribution >= 0.6 is 0 Å². The quantitative estimate of drug-likeness (QED) is 0.672. The molecule has 3 atom stereocenters. The third kappa shape index (κ3) is 3.53. The summed E-state index contributed by atoms with van der Waals surface area (Å²) in [6.45, 7) is 6.66. The number of nitrogens with two attached hydrogens (primary N) is 1. The lowest BCUT2D eigenvalue weighted by molar-refractivity contribution is -0.0174. The second-order valence-electron chi connectivity index (χ2n) is 6.39. The molecule has 1 aliphatic rings. The van der Waals surface area contributed by atoms with Crippen molar-refractivity contribution in [2.45, 2.75) is 46.1 Å². The zero-order chi connectivity index (χ0) is 14.7. The Labute approximate surface area is 121 Å². The van der Waals surface area contributed by atoms with Gasteiger partial charge in [0.2, 0.25) is 0 Å². The highest BCUT2D eigenvalue weighted by Gasteiger charge is 2.33. The Morgan fingerprint density at radius 1 is 1.25 bits per heavy atom. The van der Waals surface area contributed by atoms with Gasteiger partial charge in [0.15, 0.2) is 0 Å². The number of benzene rings is 1. The van der Waals surface area contributed by atoms with Crippen LogP contribution < -0.4 is 5.73 Å². The minimum absolute atomic E-state index is 0.0452. The highest BCUT2D eigenvalue weighted by molar-refractivity contribution is 5.89. The maximum atomic E-state index is 12.2. The zero-order valence-electron chi connectivity index (χ0n) is 12.6. The van der Waals surface area contributed by atoms with Crippen LogP contribution in [0, 0.1) is 17.8 Å². The van der Waals surface area contributed by atoms with Gasteiger partial charge in [-0.25, -0.2) is 4.79 Å². The lowest BCUT2D eigenvalue weighted by Crippen LogP contribution is -2.35. The molecule has 0 aromatic heterocycles. The van der Waals surface area contributed by atoms with Crippen molar-refractivity contribution < 1.29 is 9.53 Å². The summed E-state index contributed by atoms with van der Waals surface area (Å²) in [6.07, 6.45) is 3.41. The average molecular weight is 275 g/mol. The van der Waals surface area contributed by atoms with E-state index in [0.29, 0.717) is 29.0 Å². The number of carbonyl (C=O) groups excluding carboxylic acids is 1. The third-order valence-electron chi connectivity index (χ3n) is 4.37. The average Bonchev–Trinajstić information content (AvgIpc) is 2.39. The van der Waals surface area contributed by atoms with E-state index in [1.165, 1.54) is 6.42 Å². The second kappa shape index (κ2) is 6.29. The van der Waals surface area contributed by atoms with Crippen molar-refractivity contribution in [3.63, 3.8) is 0 Å². The van der Waals surface area contributed by atoms with E-state index in [0.717, 1.165) is 12.8 Å². The minimum atomic E-state index is -0.227. The van der Waals surface area contributed by atoms with Crippen molar-refractivity contribution in [3.8, 4) is 0 Å². The molecule has 0 aliphatic heterocycles. The smallest absolute Gasteiger partial charge is 0.338 e. The molecule has 0 radical (unpaired) electrons. The largest absolute Gasteiger partial charge is 0.458 e. The van der Waals surface area contributed by atoms with Crippen LogP contribution in [0.2, 0.25) is 0 Å². The molecule has 3 nitrogen and oxygen atoms in total. The van der Waals surface area contributed by atoms with E-state index in [4.69, 9.17) is 10.5 Å². The maximum Gasteiger partial charge on any atom is 0.338 e. The number of ether oxygens (including phenoxy) is 1.